The van der Waals surface area contributed by atoms with Crippen LogP contribution in [-0.4, -0.2) is 25.5 Å². The van der Waals surface area contributed by atoms with Gasteiger partial charge in [0.2, 0.25) is 5.91 Å². The molecular formula is C21H24F2N2O3. The van der Waals surface area contributed by atoms with Crippen LogP contribution in [0.5, 0.6) is 5.75 Å². The molecule has 2 aromatic rings. The number of hydrogen-bond acceptors (Lipinski definition) is 3. The molecular weight excluding hydrogens is 366 g/mol. The Kier molecular flexibility index (Phi) is 7.49. The molecule has 0 saturated heterocycles. The van der Waals surface area contributed by atoms with Gasteiger partial charge in [0.05, 0.1) is 6.61 Å². The van der Waals surface area contributed by atoms with Crippen molar-refractivity contribution in [3.63, 3.8) is 0 Å². The lowest BCUT2D eigenvalue weighted by Crippen LogP contribution is -2.39. The van der Waals surface area contributed by atoms with Crippen molar-refractivity contribution in [2.45, 2.75) is 26.3 Å². The van der Waals surface area contributed by atoms with E-state index < -0.39 is 29.5 Å². The molecule has 0 aliphatic carbocycles. The molecule has 1 unspecified atom stereocenters. The lowest BCUT2D eigenvalue weighted by molar-refractivity contribution is -0.122. The van der Waals surface area contributed by atoms with Gasteiger partial charge in [-0.2, -0.15) is 0 Å². The lowest BCUT2D eigenvalue weighted by Gasteiger charge is -2.18. The van der Waals surface area contributed by atoms with Gasteiger partial charge in [-0.15, -0.1) is 0 Å². The van der Waals surface area contributed by atoms with Crippen molar-refractivity contribution in [3.8, 4) is 5.75 Å². The molecule has 0 spiro atoms. The average Bonchev–Trinajstić information content (AvgIpc) is 2.68. The number of rotatable bonds is 8. The Morgan fingerprint density at radius 3 is 2.29 bits per heavy atom. The second kappa shape index (κ2) is 9.82. The Balaban J connectivity index is 2.10. The number of benzene rings is 2. The molecule has 28 heavy (non-hydrogen) atoms. The molecule has 0 fully saturated rings. The van der Waals surface area contributed by atoms with E-state index in [1.54, 1.807) is 24.3 Å². The SMILES string of the molecule is CNC(=O)C(NC(=O)c1ccc(OCCC(C)C)cc1)c1ccc(F)c(F)c1. The number of nitrogens with one attached hydrogen (secondary N) is 2. The topological polar surface area (TPSA) is 67.4 Å². The minimum absolute atomic E-state index is 0.139. The molecule has 2 amide bonds. The van der Waals surface area contributed by atoms with E-state index in [4.69, 9.17) is 4.74 Å². The second-order valence-electron chi connectivity index (χ2n) is 6.75. The molecule has 5 nitrogen and oxygen atoms in total. The zero-order chi connectivity index (χ0) is 20.7. The van der Waals surface area contributed by atoms with E-state index in [0.717, 1.165) is 18.6 Å². The van der Waals surface area contributed by atoms with Gasteiger partial charge in [-0.25, -0.2) is 8.78 Å². The lowest BCUT2D eigenvalue weighted by atomic mass is 10.0. The van der Waals surface area contributed by atoms with Gasteiger partial charge in [-0.1, -0.05) is 19.9 Å². The van der Waals surface area contributed by atoms with Crippen molar-refractivity contribution in [3.05, 3.63) is 65.2 Å². The quantitative estimate of drug-likeness (QED) is 0.724. The van der Waals surface area contributed by atoms with Gasteiger partial charge >= 0.3 is 0 Å². The minimum Gasteiger partial charge on any atom is -0.494 e. The molecule has 0 saturated carbocycles. The van der Waals surface area contributed by atoms with Crippen molar-refractivity contribution >= 4 is 11.8 Å². The van der Waals surface area contributed by atoms with Crippen LogP contribution >= 0.6 is 0 Å². The molecule has 1 atom stereocenters. The summed E-state index contributed by atoms with van der Waals surface area (Å²) in [6.45, 7) is 4.79. The first-order valence-electron chi connectivity index (χ1n) is 9.02. The summed E-state index contributed by atoms with van der Waals surface area (Å²) in [4.78, 5) is 24.7. The minimum atomic E-state index is -1.16. The van der Waals surface area contributed by atoms with E-state index in [1.165, 1.54) is 13.1 Å². The molecule has 0 radical (unpaired) electrons. The molecule has 0 heterocycles. The third kappa shape index (κ3) is 5.77. The predicted octanol–water partition coefficient (Wildman–Crippen LogP) is 3.61. The monoisotopic (exact) mass is 390 g/mol. The Hall–Kier alpha value is -2.96. The highest BCUT2D eigenvalue weighted by Gasteiger charge is 2.23. The summed E-state index contributed by atoms with van der Waals surface area (Å²) in [6.07, 6.45) is 0.921. The van der Waals surface area contributed by atoms with E-state index in [-0.39, 0.29) is 5.56 Å². The number of halogens is 2. The van der Waals surface area contributed by atoms with Gasteiger partial charge in [-0.3, -0.25) is 9.59 Å². The molecule has 0 aromatic heterocycles. The molecule has 2 N–H and O–H groups in total. The highest BCUT2D eigenvalue weighted by atomic mass is 19.2. The fourth-order valence-corrected chi connectivity index (χ4v) is 2.47. The third-order valence-corrected chi connectivity index (χ3v) is 4.14. The van der Waals surface area contributed by atoms with Crippen LogP contribution < -0.4 is 15.4 Å². The van der Waals surface area contributed by atoms with Crippen LogP contribution in [0.3, 0.4) is 0 Å². The smallest absolute Gasteiger partial charge is 0.252 e. The van der Waals surface area contributed by atoms with Crippen molar-refractivity contribution < 1.29 is 23.1 Å². The summed E-state index contributed by atoms with van der Waals surface area (Å²) >= 11 is 0. The summed E-state index contributed by atoms with van der Waals surface area (Å²) < 4.78 is 32.3. The first-order chi connectivity index (χ1) is 13.3. The highest BCUT2D eigenvalue weighted by molar-refractivity contribution is 5.97. The summed E-state index contributed by atoms with van der Waals surface area (Å²) in [7, 11) is 1.39. The number of carbonyl (C=O) groups is 2. The van der Waals surface area contributed by atoms with Crippen LogP contribution in [0.1, 0.15) is 42.2 Å². The number of carbonyl (C=O) groups excluding carboxylic acids is 2. The number of likely N-dealkylation sites (N-methyl/N-ethyl adjacent to an activating group) is 1. The second-order valence-corrected chi connectivity index (χ2v) is 6.75. The van der Waals surface area contributed by atoms with Crippen molar-refractivity contribution in [2.24, 2.45) is 5.92 Å². The summed E-state index contributed by atoms with van der Waals surface area (Å²) in [5.74, 6) is -2.02. The zero-order valence-electron chi connectivity index (χ0n) is 16.1. The van der Waals surface area contributed by atoms with Gasteiger partial charge in [0.1, 0.15) is 11.8 Å². The molecule has 0 aliphatic heterocycles. The summed E-state index contributed by atoms with van der Waals surface area (Å²) in [6, 6.07) is 8.39. The first-order valence-corrected chi connectivity index (χ1v) is 9.02. The molecule has 0 aliphatic rings. The van der Waals surface area contributed by atoms with Gasteiger partial charge in [0.15, 0.2) is 11.6 Å². The zero-order valence-corrected chi connectivity index (χ0v) is 16.1. The number of ether oxygens (including phenoxy) is 1. The normalized spacial score (nSPS) is 11.8. The van der Waals surface area contributed by atoms with Crippen LogP contribution in [0.2, 0.25) is 0 Å². The maximum absolute atomic E-state index is 13.5. The van der Waals surface area contributed by atoms with E-state index in [0.29, 0.717) is 23.8 Å². The largest absolute Gasteiger partial charge is 0.494 e. The van der Waals surface area contributed by atoms with E-state index >= 15 is 0 Å². The first kappa shape index (κ1) is 21.3. The van der Waals surface area contributed by atoms with Crippen LogP contribution in [0.4, 0.5) is 8.78 Å². The number of hydrogen-bond donors (Lipinski definition) is 2. The van der Waals surface area contributed by atoms with E-state index in [2.05, 4.69) is 24.5 Å². The number of amides is 2. The average molecular weight is 390 g/mol. The van der Waals surface area contributed by atoms with Gasteiger partial charge in [0, 0.05) is 12.6 Å². The molecule has 2 aromatic carbocycles. The van der Waals surface area contributed by atoms with Crippen molar-refractivity contribution in [1.82, 2.24) is 10.6 Å². The molecule has 7 heteroatoms. The maximum atomic E-state index is 13.5. The van der Waals surface area contributed by atoms with Crippen LogP contribution in [0, 0.1) is 17.6 Å². The van der Waals surface area contributed by atoms with Gasteiger partial charge < -0.3 is 15.4 Å². The third-order valence-electron chi connectivity index (χ3n) is 4.14. The Labute approximate surface area is 163 Å². The Bertz CT molecular complexity index is 823. The fraction of sp³-hybridized carbons (Fsp3) is 0.333. The molecule has 2 rings (SSSR count). The van der Waals surface area contributed by atoms with Crippen LogP contribution in [0.15, 0.2) is 42.5 Å². The van der Waals surface area contributed by atoms with Crippen molar-refractivity contribution in [1.29, 1.82) is 0 Å². The van der Waals surface area contributed by atoms with Crippen LogP contribution in [-0.2, 0) is 4.79 Å². The van der Waals surface area contributed by atoms with Crippen molar-refractivity contribution in [2.75, 3.05) is 13.7 Å². The summed E-state index contributed by atoms with van der Waals surface area (Å²) in [5.41, 5.74) is 0.452. The van der Waals surface area contributed by atoms with E-state index in [9.17, 15) is 18.4 Å². The Morgan fingerprint density at radius 2 is 1.71 bits per heavy atom. The van der Waals surface area contributed by atoms with Gasteiger partial charge in [-0.05, 0) is 54.3 Å². The molecule has 150 valence electrons. The van der Waals surface area contributed by atoms with Gasteiger partial charge in [0.25, 0.3) is 5.91 Å². The standard InChI is InChI=1S/C21H24F2N2O3/c1-13(2)10-11-28-16-7-4-14(5-8-16)20(26)25-19(21(27)24-3)15-6-9-17(22)18(23)12-15/h4-9,12-13,19H,10-11H2,1-3H3,(H,24,27)(H,25,26). The Morgan fingerprint density at radius 1 is 1.04 bits per heavy atom. The van der Waals surface area contributed by atoms with E-state index in [1.807, 2.05) is 0 Å². The predicted molar refractivity (Wildman–Crippen MR) is 102 cm³/mol. The highest BCUT2D eigenvalue weighted by Crippen LogP contribution is 2.19. The fourth-order valence-electron chi connectivity index (χ4n) is 2.47. The molecule has 0 bridgehead atoms. The van der Waals surface area contributed by atoms with Crippen LogP contribution in [0.25, 0.3) is 0 Å². The maximum Gasteiger partial charge on any atom is 0.252 e. The summed E-state index contributed by atoms with van der Waals surface area (Å²) in [5, 5.41) is 4.95.